The lowest BCUT2D eigenvalue weighted by atomic mass is 9.79. The van der Waals surface area contributed by atoms with E-state index in [9.17, 15) is 19.5 Å². The van der Waals surface area contributed by atoms with E-state index in [-0.39, 0.29) is 35.8 Å². The highest BCUT2D eigenvalue weighted by Crippen LogP contribution is 2.37. The molecule has 1 N–H and O–H groups in total. The molecular formula is C36H39N7O4S. The first kappa shape index (κ1) is 31.9. The number of aryl methyl sites for hydroxylation is 3. The summed E-state index contributed by atoms with van der Waals surface area (Å²) >= 11 is 1.40. The highest BCUT2D eigenvalue weighted by atomic mass is 32.1. The zero-order valence-corrected chi connectivity index (χ0v) is 28.2. The zero-order valence-electron chi connectivity index (χ0n) is 27.4. The fraction of sp³-hybridized carbons (Fsp3) is 0.389. The van der Waals surface area contributed by atoms with Crippen LogP contribution in [-0.2, 0) is 18.4 Å². The molecule has 6 heterocycles. The summed E-state index contributed by atoms with van der Waals surface area (Å²) in [5.41, 5.74) is 2.86. The van der Waals surface area contributed by atoms with Crippen LogP contribution in [0.5, 0.6) is 0 Å². The van der Waals surface area contributed by atoms with E-state index in [0.717, 1.165) is 21.8 Å². The Labute approximate surface area is 282 Å². The Hall–Kier alpha value is -4.68. The molecule has 11 nitrogen and oxygen atoms in total. The van der Waals surface area contributed by atoms with Crippen molar-refractivity contribution in [2.75, 3.05) is 26.2 Å². The van der Waals surface area contributed by atoms with E-state index in [1.165, 1.54) is 22.2 Å². The molecule has 2 fully saturated rings. The van der Waals surface area contributed by atoms with Crippen LogP contribution < -0.4 is 5.56 Å². The number of hydrogen-bond acceptors (Lipinski definition) is 8. The maximum Gasteiger partial charge on any atom is 0.265 e. The highest BCUT2D eigenvalue weighted by Gasteiger charge is 2.42. The van der Waals surface area contributed by atoms with Crippen molar-refractivity contribution in [2.45, 2.75) is 51.2 Å². The maximum atomic E-state index is 14.2. The average molecular weight is 666 g/mol. The number of fused-ring (bicyclic) bond motifs is 1. The second kappa shape index (κ2) is 12.7. The molecule has 0 spiro atoms. The van der Waals surface area contributed by atoms with Gasteiger partial charge in [-0.15, -0.1) is 11.3 Å². The Bertz CT molecular complexity index is 2040. The van der Waals surface area contributed by atoms with Gasteiger partial charge in [0.05, 0.1) is 23.2 Å². The van der Waals surface area contributed by atoms with Gasteiger partial charge in [0.1, 0.15) is 21.9 Å². The first-order valence-corrected chi connectivity index (χ1v) is 17.2. The van der Waals surface area contributed by atoms with Gasteiger partial charge in [-0.2, -0.15) is 0 Å². The molecule has 2 saturated heterocycles. The van der Waals surface area contributed by atoms with Gasteiger partial charge in [-0.25, -0.2) is 9.97 Å². The number of pyridine rings is 1. The number of thiazole rings is 1. The van der Waals surface area contributed by atoms with E-state index in [1.807, 2.05) is 73.2 Å². The molecule has 2 aliphatic rings. The normalized spacial score (nSPS) is 19.5. The van der Waals surface area contributed by atoms with Crippen molar-refractivity contribution in [3.8, 4) is 10.6 Å². The Morgan fingerprint density at radius 3 is 2.54 bits per heavy atom. The predicted octanol–water partition coefficient (Wildman–Crippen LogP) is 4.17. The summed E-state index contributed by atoms with van der Waals surface area (Å²) in [5.74, 6) is -0.481. The summed E-state index contributed by atoms with van der Waals surface area (Å²) in [6.07, 6.45) is 6.30. The Balaban J connectivity index is 1.05. The van der Waals surface area contributed by atoms with Crippen LogP contribution in [-0.4, -0.2) is 82.6 Å². The van der Waals surface area contributed by atoms with Crippen molar-refractivity contribution >= 4 is 34.2 Å². The topological polar surface area (TPSA) is 126 Å². The van der Waals surface area contributed by atoms with Gasteiger partial charge in [-0.1, -0.05) is 30.3 Å². The molecule has 48 heavy (non-hydrogen) atoms. The molecule has 0 bridgehead atoms. The van der Waals surface area contributed by atoms with Crippen LogP contribution >= 0.6 is 11.3 Å². The molecule has 12 heteroatoms. The minimum Gasteiger partial charge on any atom is -0.388 e. The van der Waals surface area contributed by atoms with Gasteiger partial charge in [-0.05, 0) is 56.9 Å². The molecule has 0 unspecified atom stereocenters. The van der Waals surface area contributed by atoms with Gasteiger partial charge in [0, 0.05) is 68.7 Å². The highest BCUT2D eigenvalue weighted by molar-refractivity contribution is 7.17. The van der Waals surface area contributed by atoms with Crippen LogP contribution in [0.2, 0.25) is 0 Å². The summed E-state index contributed by atoms with van der Waals surface area (Å²) in [6, 6.07) is 15.6. The number of aliphatic hydroxyl groups is 1. The van der Waals surface area contributed by atoms with Crippen molar-refractivity contribution in [1.29, 1.82) is 0 Å². The fourth-order valence-electron chi connectivity index (χ4n) is 7.16. The summed E-state index contributed by atoms with van der Waals surface area (Å²) in [4.78, 5) is 58.9. The summed E-state index contributed by atoms with van der Waals surface area (Å²) in [5, 5.41) is 12.8. The molecule has 0 radical (unpaired) electrons. The van der Waals surface area contributed by atoms with Crippen molar-refractivity contribution in [2.24, 2.45) is 13.0 Å². The third kappa shape index (κ3) is 6.06. The summed E-state index contributed by atoms with van der Waals surface area (Å²) in [6.45, 7) is 5.61. The predicted molar refractivity (Wildman–Crippen MR) is 184 cm³/mol. The molecule has 7 rings (SSSR count). The van der Waals surface area contributed by atoms with Gasteiger partial charge in [-0.3, -0.25) is 23.9 Å². The van der Waals surface area contributed by atoms with E-state index < -0.39 is 5.60 Å². The van der Waals surface area contributed by atoms with E-state index in [0.29, 0.717) is 67.0 Å². The molecule has 2 amide bonds. The van der Waals surface area contributed by atoms with E-state index in [4.69, 9.17) is 4.98 Å². The minimum atomic E-state index is -1.13. The molecule has 248 valence electrons. The van der Waals surface area contributed by atoms with Crippen LogP contribution in [0.15, 0.2) is 72.0 Å². The number of carbonyl (C=O) groups excluding carboxylic acids is 2. The molecule has 4 aromatic heterocycles. The van der Waals surface area contributed by atoms with Crippen LogP contribution in [0, 0.1) is 19.8 Å². The van der Waals surface area contributed by atoms with Crippen molar-refractivity contribution < 1.29 is 14.7 Å². The molecule has 1 aromatic carbocycles. The number of aromatic nitrogens is 5. The summed E-state index contributed by atoms with van der Waals surface area (Å²) < 4.78 is 3.27. The van der Waals surface area contributed by atoms with E-state index in [1.54, 1.807) is 23.0 Å². The van der Waals surface area contributed by atoms with Gasteiger partial charge < -0.3 is 19.5 Å². The smallest absolute Gasteiger partial charge is 0.265 e. The van der Waals surface area contributed by atoms with Gasteiger partial charge in [0.25, 0.3) is 11.5 Å². The first-order chi connectivity index (χ1) is 23.1. The molecule has 2 aliphatic heterocycles. The number of amides is 2. The summed E-state index contributed by atoms with van der Waals surface area (Å²) in [7, 11) is 1.84. The zero-order chi connectivity index (χ0) is 33.6. The standard InChI is InChI=1S/C36H39N7O4S/c1-23-19-26(9-14-37-23)32-39-24(2)30(48-32)35(46)42-16-11-27(29(20-42)25-7-5-4-6-8-25)33(44)41-17-12-36(47,13-18-41)21-43-22-38-31-28(34(43)45)10-15-40(31)3/h4-10,14-15,19,22,27,29,47H,11-13,16-18,20-21H2,1-3H3/t27-,29+/m1/s1. The third-order valence-corrected chi connectivity index (χ3v) is 11.1. The molecule has 0 aliphatic carbocycles. The quantitative estimate of drug-likeness (QED) is 0.289. The largest absolute Gasteiger partial charge is 0.388 e. The first-order valence-electron chi connectivity index (χ1n) is 16.4. The lowest BCUT2D eigenvalue weighted by Gasteiger charge is -2.43. The van der Waals surface area contributed by atoms with E-state index >= 15 is 0 Å². The van der Waals surface area contributed by atoms with Gasteiger partial charge >= 0.3 is 0 Å². The van der Waals surface area contributed by atoms with Crippen LogP contribution in [0.1, 0.15) is 51.8 Å². The van der Waals surface area contributed by atoms with Crippen LogP contribution in [0.4, 0.5) is 0 Å². The maximum absolute atomic E-state index is 14.2. The number of piperidine rings is 2. The lowest BCUT2D eigenvalue weighted by molar-refractivity contribution is -0.142. The van der Waals surface area contributed by atoms with Crippen molar-refractivity contribution in [1.82, 2.24) is 33.9 Å². The number of likely N-dealkylation sites (tertiary alicyclic amines) is 2. The van der Waals surface area contributed by atoms with Gasteiger partial charge in [0.15, 0.2) is 0 Å². The third-order valence-electron chi connectivity index (χ3n) is 9.90. The number of carbonyl (C=O) groups is 2. The second-order valence-corrected chi connectivity index (χ2v) is 14.2. The second-order valence-electron chi connectivity index (χ2n) is 13.2. The number of benzene rings is 1. The molecular weight excluding hydrogens is 627 g/mol. The molecule has 0 saturated carbocycles. The number of rotatable bonds is 6. The number of hydrogen-bond donors (Lipinski definition) is 1. The van der Waals surface area contributed by atoms with Crippen molar-refractivity contribution in [3.05, 3.63) is 99.4 Å². The Morgan fingerprint density at radius 1 is 1.02 bits per heavy atom. The van der Waals surface area contributed by atoms with E-state index in [2.05, 4.69) is 9.97 Å². The SMILES string of the molecule is Cc1cc(-c2nc(C)c(C(=O)N3CC[C@@H](C(=O)N4CCC(O)(Cn5cnc6c(ccn6C)c5=O)CC4)[C@H](c4ccccc4)C3)s2)ccn1. The van der Waals surface area contributed by atoms with Crippen LogP contribution in [0.3, 0.4) is 0 Å². The van der Waals surface area contributed by atoms with Crippen LogP contribution in [0.25, 0.3) is 21.6 Å². The van der Waals surface area contributed by atoms with Gasteiger partial charge in [0.2, 0.25) is 5.91 Å². The molecule has 2 atom stereocenters. The lowest BCUT2D eigenvalue weighted by Crippen LogP contribution is -2.53. The average Bonchev–Trinajstić information content (AvgIpc) is 3.68. The number of nitrogens with zero attached hydrogens (tertiary/aromatic N) is 7. The fourth-order valence-corrected chi connectivity index (χ4v) is 8.19. The Kier molecular flexibility index (Phi) is 8.46. The monoisotopic (exact) mass is 665 g/mol. The Morgan fingerprint density at radius 2 is 1.79 bits per heavy atom. The minimum absolute atomic E-state index is 0.0480. The van der Waals surface area contributed by atoms with Crippen molar-refractivity contribution in [3.63, 3.8) is 0 Å². The molecule has 5 aromatic rings.